The van der Waals surface area contributed by atoms with E-state index >= 15 is 0 Å². The Morgan fingerprint density at radius 1 is 1.39 bits per heavy atom. The van der Waals surface area contributed by atoms with Crippen LogP contribution in [-0.4, -0.2) is 25.8 Å². The summed E-state index contributed by atoms with van der Waals surface area (Å²) in [6.07, 6.45) is 5.16. The largest absolute Gasteiger partial charge is 0.479 e. The summed E-state index contributed by atoms with van der Waals surface area (Å²) in [5.41, 5.74) is 0.807. The summed E-state index contributed by atoms with van der Waals surface area (Å²) in [6.45, 7) is 0. The zero-order valence-electron chi connectivity index (χ0n) is 9.78. The lowest BCUT2D eigenvalue weighted by Gasteiger charge is -2.35. The number of fused-ring (bicyclic) bond motifs is 1. The van der Waals surface area contributed by atoms with Crippen LogP contribution in [0.2, 0.25) is 0 Å². The van der Waals surface area contributed by atoms with Gasteiger partial charge < -0.3 is 5.11 Å². The molecule has 0 radical (unpaired) electrons. The highest BCUT2D eigenvalue weighted by Crippen LogP contribution is 2.38. The number of rotatable bonds is 2. The minimum atomic E-state index is -1.11. The van der Waals surface area contributed by atoms with Crippen LogP contribution in [0.15, 0.2) is 36.9 Å². The van der Waals surface area contributed by atoms with Gasteiger partial charge in [0.2, 0.25) is 0 Å². The number of aromatic nitrogens is 3. The standard InChI is InChI=1S/C13H13N3O2/c17-12(18)13(16-9-14-8-15-16)7-3-5-10-4-1-2-6-11(10)13/h1-2,4,6,8-9H,3,5,7H2,(H,17,18). The molecule has 1 heterocycles. The van der Waals surface area contributed by atoms with Crippen molar-refractivity contribution in [3.8, 4) is 0 Å². The van der Waals surface area contributed by atoms with Crippen molar-refractivity contribution >= 4 is 5.97 Å². The van der Waals surface area contributed by atoms with Crippen LogP contribution in [0.1, 0.15) is 24.0 Å². The molecule has 0 saturated heterocycles. The predicted octanol–water partition coefficient (Wildman–Crippen LogP) is 1.44. The molecule has 5 nitrogen and oxygen atoms in total. The zero-order chi connectivity index (χ0) is 12.6. The van der Waals surface area contributed by atoms with Crippen LogP contribution in [0.3, 0.4) is 0 Å². The van der Waals surface area contributed by atoms with E-state index in [1.54, 1.807) is 0 Å². The number of nitrogens with zero attached hydrogens (tertiary/aromatic N) is 3. The third kappa shape index (κ3) is 1.37. The molecular weight excluding hydrogens is 230 g/mol. The van der Waals surface area contributed by atoms with Crippen LogP contribution in [0.4, 0.5) is 0 Å². The van der Waals surface area contributed by atoms with Gasteiger partial charge in [0.05, 0.1) is 0 Å². The van der Waals surface area contributed by atoms with Crippen molar-refractivity contribution in [2.24, 2.45) is 0 Å². The van der Waals surface area contributed by atoms with Crippen LogP contribution < -0.4 is 0 Å². The minimum Gasteiger partial charge on any atom is -0.479 e. The van der Waals surface area contributed by atoms with Gasteiger partial charge in [0.15, 0.2) is 5.54 Å². The summed E-state index contributed by atoms with van der Waals surface area (Å²) in [5, 5.41) is 13.8. The maximum absolute atomic E-state index is 11.8. The minimum absolute atomic E-state index is 0.544. The third-order valence-electron chi connectivity index (χ3n) is 3.61. The topological polar surface area (TPSA) is 68.0 Å². The average molecular weight is 243 g/mol. The molecule has 1 aliphatic rings. The summed E-state index contributed by atoms with van der Waals surface area (Å²) in [7, 11) is 0. The molecule has 0 saturated carbocycles. The summed E-state index contributed by atoms with van der Waals surface area (Å²) in [6, 6.07) is 7.68. The Morgan fingerprint density at radius 3 is 2.94 bits per heavy atom. The van der Waals surface area contributed by atoms with E-state index in [9.17, 15) is 9.90 Å². The third-order valence-corrected chi connectivity index (χ3v) is 3.61. The van der Waals surface area contributed by atoms with Crippen molar-refractivity contribution in [1.82, 2.24) is 14.8 Å². The molecule has 0 aliphatic heterocycles. The molecule has 92 valence electrons. The van der Waals surface area contributed by atoms with Crippen molar-refractivity contribution in [1.29, 1.82) is 0 Å². The molecule has 0 bridgehead atoms. The van der Waals surface area contributed by atoms with E-state index in [2.05, 4.69) is 10.1 Å². The predicted molar refractivity (Wildman–Crippen MR) is 64.1 cm³/mol. The molecule has 2 aromatic rings. The van der Waals surface area contributed by atoms with Crippen molar-refractivity contribution in [3.05, 3.63) is 48.0 Å². The van der Waals surface area contributed by atoms with Gasteiger partial charge in [-0.1, -0.05) is 24.3 Å². The molecule has 1 aromatic heterocycles. The normalized spacial score (nSPS) is 22.4. The van der Waals surface area contributed by atoms with Crippen LogP contribution >= 0.6 is 0 Å². The zero-order valence-corrected chi connectivity index (χ0v) is 9.78. The Bertz CT molecular complexity index is 580. The van der Waals surface area contributed by atoms with Gasteiger partial charge in [-0.15, -0.1) is 0 Å². The van der Waals surface area contributed by atoms with Gasteiger partial charge >= 0.3 is 5.97 Å². The number of carbonyl (C=O) groups is 1. The fourth-order valence-corrected chi connectivity index (χ4v) is 2.77. The van der Waals surface area contributed by atoms with E-state index in [0.29, 0.717) is 6.42 Å². The molecule has 1 unspecified atom stereocenters. The van der Waals surface area contributed by atoms with Crippen molar-refractivity contribution in [2.75, 3.05) is 0 Å². The first-order chi connectivity index (χ1) is 8.75. The van der Waals surface area contributed by atoms with Crippen molar-refractivity contribution < 1.29 is 9.90 Å². The number of hydrogen-bond donors (Lipinski definition) is 1. The summed E-state index contributed by atoms with van der Waals surface area (Å²) in [5.74, 6) is -0.875. The van der Waals surface area contributed by atoms with E-state index in [1.165, 1.54) is 17.3 Å². The number of hydrogen-bond acceptors (Lipinski definition) is 3. The van der Waals surface area contributed by atoms with Gasteiger partial charge in [0.25, 0.3) is 0 Å². The number of aryl methyl sites for hydroxylation is 1. The van der Waals surface area contributed by atoms with Crippen LogP contribution in [0.25, 0.3) is 0 Å². The molecule has 1 N–H and O–H groups in total. The van der Waals surface area contributed by atoms with Crippen molar-refractivity contribution in [3.63, 3.8) is 0 Å². The second kappa shape index (κ2) is 3.94. The Labute approximate surface area is 104 Å². The van der Waals surface area contributed by atoms with Gasteiger partial charge in [-0.25, -0.2) is 14.5 Å². The van der Waals surface area contributed by atoms with E-state index in [1.807, 2.05) is 24.3 Å². The number of aliphatic carboxylic acids is 1. The summed E-state index contributed by atoms with van der Waals surface area (Å²) < 4.78 is 1.47. The molecular formula is C13H13N3O2. The monoisotopic (exact) mass is 243 g/mol. The Hall–Kier alpha value is -2.17. The molecule has 1 aromatic carbocycles. The number of carboxylic acids is 1. The van der Waals surface area contributed by atoms with Gasteiger partial charge in [0, 0.05) is 0 Å². The quantitative estimate of drug-likeness (QED) is 0.866. The van der Waals surface area contributed by atoms with Crippen LogP contribution in [0.5, 0.6) is 0 Å². The molecule has 18 heavy (non-hydrogen) atoms. The summed E-state index contributed by atoms with van der Waals surface area (Å²) >= 11 is 0. The van der Waals surface area contributed by atoms with Crippen LogP contribution in [-0.2, 0) is 16.8 Å². The maximum Gasteiger partial charge on any atom is 0.336 e. The fraction of sp³-hybridized carbons (Fsp3) is 0.308. The van der Waals surface area contributed by atoms with Crippen LogP contribution in [0, 0.1) is 0 Å². The van der Waals surface area contributed by atoms with Gasteiger partial charge in [-0.2, -0.15) is 5.10 Å². The molecule has 5 heteroatoms. The highest BCUT2D eigenvalue weighted by atomic mass is 16.4. The highest BCUT2D eigenvalue weighted by Gasteiger charge is 2.46. The van der Waals surface area contributed by atoms with E-state index in [-0.39, 0.29) is 0 Å². The molecule has 1 aliphatic carbocycles. The van der Waals surface area contributed by atoms with E-state index in [4.69, 9.17) is 0 Å². The number of benzene rings is 1. The smallest absolute Gasteiger partial charge is 0.336 e. The van der Waals surface area contributed by atoms with E-state index < -0.39 is 11.5 Å². The first-order valence-corrected chi connectivity index (χ1v) is 5.92. The second-order valence-electron chi connectivity index (χ2n) is 4.52. The Kier molecular flexibility index (Phi) is 2.40. The molecule has 0 amide bonds. The van der Waals surface area contributed by atoms with Gasteiger partial charge in [0.1, 0.15) is 12.7 Å². The lowest BCUT2D eigenvalue weighted by Crippen LogP contribution is -2.46. The fourth-order valence-electron chi connectivity index (χ4n) is 2.77. The molecule has 1 atom stereocenters. The van der Waals surface area contributed by atoms with Gasteiger partial charge in [-0.3, -0.25) is 0 Å². The molecule has 0 spiro atoms. The summed E-state index contributed by atoms with van der Waals surface area (Å²) in [4.78, 5) is 15.7. The Balaban J connectivity index is 2.27. The van der Waals surface area contributed by atoms with Crippen molar-refractivity contribution in [2.45, 2.75) is 24.8 Å². The van der Waals surface area contributed by atoms with Gasteiger partial charge in [-0.05, 0) is 30.4 Å². The molecule has 0 fully saturated rings. The Morgan fingerprint density at radius 2 is 2.22 bits per heavy atom. The lowest BCUT2D eigenvalue weighted by atomic mass is 9.76. The van der Waals surface area contributed by atoms with E-state index in [0.717, 1.165) is 24.0 Å². The first-order valence-electron chi connectivity index (χ1n) is 5.92. The SMILES string of the molecule is O=C(O)C1(n2cncn2)CCCc2ccccc21. The number of carboxylic acid groups (broad SMARTS) is 1. The maximum atomic E-state index is 11.8. The highest BCUT2D eigenvalue weighted by molar-refractivity contribution is 5.82. The first kappa shape index (κ1) is 11.0. The lowest BCUT2D eigenvalue weighted by molar-refractivity contribution is -0.146. The average Bonchev–Trinajstić information content (AvgIpc) is 2.92. The molecule has 3 rings (SSSR count). The second-order valence-corrected chi connectivity index (χ2v) is 4.52.